The van der Waals surface area contributed by atoms with Crippen LogP contribution in [0.1, 0.15) is 5.56 Å². The van der Waals surface area contributed by atoms with Gasteiger partial charge in [0.2, 0.25) is 0 Å². The van der Waals surface area contributed by atoms with Gasteiger partial charge >= 0.3 is 0 Å². The molecule has 1 aromatic heterocycles. The SMILES string of the molecule is Cc1cc2c(cc1Cl)SC1=CC(=O)N(c3cccc4nsnc34)C1=NS2(=O)=O. The first-order chi connectivity index (χ1) is 13.3. The Morgan fingerprint density at radius 3 is 2.82 bits per heavy atom. The van der Waals surface area contributed by atoms with Crippen molar-refractivity contribution in [3.8, 4) is 0 Å². The van der Waals surface area contributed by atoms with Crippen molar-refractivity contribution in [2.24, 2.45) is 4.40 Å². The van der Waals surface area contributed by atoms with Crippen LogP contribution in [0.15, 0.2) is 55.5 Å². The number of benzene rings is 2. The van der Waals surface area contributed by atoms with E-state index in [1.165, 1.54) is 17.0 Å². The number of aromatic nitrogens is 2. The summed E-state index contributed by atoms with van der Waals surface area (Å²) >= 11 is 8.36. The number of thioether (sulfide) groups is 1. The number of hydrogen-bond acceptors (Lipinski definition) is 7. The lowest BCUT2D eigenvalue weighted by Gasteiger charge is -2.17. The van der Waals surface area contributed by atoms with Crippen molar-refractivity contribution in [1.82, 2.24) is 8.75 Å². The highest BCUT2D eigenvalue weighted by Gasteiger charge is 2.38. The van der Waals surface area contributed by atoms with E-state index in [1.54, 1.807) is 31.2 Å². The van der Waals surface area contributed by atoms with Crippen molar-refractivity contribution in [3.05, 3.63) is 51.9 Å². The molecule has 1 amide bonds. The number of amides is 1. The molecular weight excluding hydrogens is 440 g/mol. The number of amidine groups is 1. The van der Waals surface area contributed by atoms with Crippen molar-refractivity contribution >= 4 is 73.6 Å². The van der Waals surface area contributed by atoms with Crippen LogP contribution >= 0.6 is 35.1 Å². The molecule has 0 saturated heterocycles. The van der Waals surface area contributed by atoms with Crippen molar-refractivity contribution in [3.63, 3.8) is 0 Å². The fourth-order valence-electron chi connectivity index (χ4n) is 3.02. The number of fused-ring (bicyclic) bond motifs is 3. The monoisotopic (exact) mass is 448 g/mol. The van der Waals surface area contributed by atoms with Gasteiger partial charge in [0.1, 0.15) is 15.9 Å². The Morgan fingerprint density at radius 1 is 1.18 bits per heavy atom. The minimum Gasteiger partial charge on any atom is -0.269 e. The number of carbonyl (C=O) groups excluding carboxylic acids is 1. The smallest absolute Gasteiger partial charge is 0.269 e. The highest BCUT2D eigenvalue weighted by Crippen LogP contribution is 2.43. The number of aryl methyl sites for hydroxylation is 1. The maximum Gasteiger partial charge on any atom is 0.285 e. The molecule has 2 aliphatic rings. The van der Waals surface area contributed by atoms with Gasteiger partial charge in [0.15, 0.2) is 5.84 Å². The first-order valence-electron chi connectivity index (χ1n) is 7.95. The third-order valence-electron chi connectivity index (χ3n) is 4.34. The number of halogens is 1. The lowest BCUT2D eigenvalue weighted by Crippen LogP contribution is -2.31. The summed E-state index contributed by atoms with van der Waals surface area (Å²) in [4.78, 5) is 15.0. The van der Waals surface area contributed by atoms with Crippen molar-refractivity contribution in [2.45, 2.75) is 16.7 Å². The van der Waals surface area contributed by atoms with Crippen LogP contribution in [0.2, 0.25) is 5.02 Å². The number of sulfonamides is 1. The highest BCUT2D eigenvalue weighted by atomic mass is 35.5. The van der Waals surface area contributed by atoms with Gasteiger partial charge in [0.05, 0.1) is 22.3 Å². The largest absolute Gasteiger partial charge is 0.285 e. The van der Waals surface area contributed by atoms with Crippen LogP contribution in [-0.2, 0) is 14.8 Å². The molecule has 0 atom stereocenters. The van der Waals surface area contributed by atoms with Crippen LogP contribution in [-0.4, -0.2) is 28.9 Å². The molecule has 0 N–H and O–H groups in total. The minimum atomic E-state index is -4.04. The summed E-state index contributed by atoms with van der Waals surface area (Å²) < 4.78 is 38.3. The lowest BCUT2D eigenvalue weighted by molar-refractivity contribution is -0.113. The zero-order chi connectivity index (χ0) is 19.6. The molecule has 3 heterocycles. The molecule has 2 aliphatic heterocycles. The molecule has 2 aromatic carbocycles. The first-order valence-corrected chi connectivity index (χ1v) is 11.3. The second-order valence-corrected chi connectivity index (χ2v) is 9.72. The Kier molecular flexibility index (Phi) is 3.89. The Balaban J connectivity index is 1.73. The Labute approximate surface area is 173 Å². The fraction of sp³-hybridized carbons (Fsp3) is 0.0588. The minimum absolute atomic E-state index is 0.0560. The quantitative estimate of drug-likeness (QED) is 0.562. The molecule has 0 saturated carbocycles. The summed E-state index contributed by atoms with van der Waals surface area (Å²) in [7, 11) is -4.04. The molecule has 0 fully saturated rings. The van der Waals surface area contributed by atoms with Crippen molar-refractivity contribution in [2.75, 3.05) is 4.90 Å². The van der Waals surface area contributed by atoms with Crippen LogP contribution < -0.4 is 4.90 Å². The molecular formula is C17H9ClN4O3S3. The third kappa shape index (κ3) is 2.60. The summed E-state index contributed by atoms with van der Waals surface area (Å²) in [5.41, 5.74) is 2.22. The second-order valence-electron chi connectivity index (χ2n) is 6.13. The third-order valence-corrected chi connectivity index (χ3v) is 7.81. The van der Waals surface area contributed by atoms with E-state index in [9.17, 15) is 13.2 Å². The molecule has 5 rings (SSSR count). The normalized spacial score (nSPS) is 17.8. The highest BCUT2D eigenvalue weighted by molar-refractivity contribution is 8.05. The first kappa shape index (κ1) is 17.8. The lowest BCUT2D eigenvalue weighted by atomic mass is 10.2. The molecule has 3 aromatic rings. The van der Waals surface area contributed by atoms with Gasteiger partial charge in [-0.25, -0.2) is 0 Å². The van der Waals surface area contributed by atoms with Gasteiger partial charge in [-0.05, 0) is 36.8 Å². The van der Waals surface area contributed by atoms with E-state index in [2.05, 4.69) is 13.1 Å². The molecule has 0 aliphatic carbocycles. The average molecular weight is 449 g/mol. The van der Waals surface area contributed by atoms with Gasteiger partial charge < -0.3 is 0 Å². The fourth-order valence-corrected chi connectivity index (χ4v) is 6.40. The van der Waals surface area contributed by atoms with Gasteiger partial charge in [-0.2, -0.15) is 17.2 Å². The Hall–Kier alpha value is -2.27. The van der Waals surface area contributed by atoms with Gasteiger partial charge in [0.25, 0.3) is 15.9 Å². The van der Waals surface area contributed by atoms with E-state index in [0.717, 1.165) is 23.5 Å². The zero-order valence-corrected chi connectivity index (χ0v) is 17.3. The molecule has 11 heteroatoms. The number of hydrogen-bond donors (Lipinski definition) is 0. The molecule has 0 spiro atoms. The Bertz CT molecular complexity index is 1360. The van der Waals surface area contributed by atoms with Crippen molar-refractivity contribution < 1.29 is 13.2 Å². The number of carbonyl (C=O) groups is 1. The average Bonchev–Trinajstić information content (AvgIpc) is 3.20. The summed E-state index contributed by atoms with van der Waals surface area (Å²) in [5, 5.41) is 0.449. The molecule has 0 unspecified atom stereocenters. The summed E-state index contributed by atoms with van der Waals surface area (Å²) in [6, 6.07) is 8.30. The molecule has 0 bridgehead atoms. The van der Waals surface area contributed by atoms with Gasteiger partial charge in [-0.15, -0.1) is 4.40 Å². The number of rotatable bonds is 1. The van der Waals surface area contributed by atoms with Gasteiger partial charge in [-0.3, -0.25) is 9.69 Å². The maximum atomic E-state index is 13.0. The topological polar surface area (TPSA) is 92.6 Å². The van der Waals surface area contributed by atoms with Crippen LogP contribution in [0, 0.1) is 6.92 Å². The van der Waals surface area contributed by atoms with E-state index < -0.39 is 15.9 Å². The molecule has 0 radical (unpaired) electrons. The van der Waals surface area contributed by atoms with Gasteiger partial charge in [-0.1, -0.05) is 29.4 Å². The van der Waals surface area contributed by atoms with E-state index >= 15 is 0 Å². The summed E-state index contributed by atoms with van der Waals surface area (Å²) in [5.74, 6) is -0.334. The molecule has 7 nitrogen and oxygen atoms in total. The van der Waals surface area contributed by atoms with E-state index in [0.29, 0.717) is 37.1 Å². The summed E-state index contributed by atoms with van der Waals surface area (Å²) in [6.07, 6.45) is 1.38. The molecule has 140 valence electrons. The van der Waals surface area contributed by atoms with Crippen LogP contribution in [0.25, 0.3) is 11.0 Å². The predicted molar refractivity (Wildman–Crippen MR) is 110 cm³/mol. The number of nitrogens with zero attached hydrogens (tertiary/aromatic N) is 4. The van der Waals surface area contributed by atoms with E-state index in [-0.39, 0.29) is 10.7 Å². The maximum absolute atomic E-state index is 13.0. The second kappa shape index (κ2) is 6.11. The predicted octanol–water partition coefficient (Wildman–Crippen LogP) is 3.78. The number of anilines is 1. The van der Waals surface area contributed by atoms with Crippen LogP contribution in [0.3, 0.4) is 0 Å². The Morgan fingerprint density at radius 2 is 2.00 bits per heavy atom. The van der Waals surface area contributed by atoms with E-state index in [4.69, 9.17) is 11.6 Å². The zero-order valence-electron chi connectivity index (χ0n) is 14.1. The van der Waals surface area contributed by atoms with Crippen LogP contribution in [0.4, 0.5) is 5.69 Å². The molecule has 28 heavy (non-hydrogen) atoms. The van der Waals surface area contributed by atoms with Crippen molar-refractivity contribution in [1.29, 1.82) is 0 Å². The van der Waals surface area contributed by atoms with Gasteiger partial charge in [0, 0.05) is 16.0 Å². The van der Waals surface area contributed by atoms with Crippen LogP contribution in [0.5, 0.6) is 0 Å². The standard InChI is InChI=1S/C17H9ClN4O3S3/c1-8-5-14-12(6-9(8)18)26-13-7-15(23)22(17(13)21-28(14,24)25)11-4-2-3-10-16(11)20-27-19-10/h2-7H,1H3. The van der Waals surface area contributed by atoms with E-state index in [1.807, 2.05) is 0 Å². The summed E-state index contributed by atoms with van der Waals surface area (Å²) in [6.45, 7) is 1.73.